The number of halogens is 1. The molecule has 1 unspecified atom stereocenters. The smallest absolute Gasteiger partial charge is 0.307 e. The monoisotopic (exact) mass is 276 g/mol. The Morgan fingerprint density at radius 2 is 1.93 bits per heavy atom. The number of hydrogen-bond acceptors (Lipinski definition) is 2. The molecule has 78 valence electrons. The zero-order chi connectivity index (χ0) is 10.4. The first-order valence-electron chi connectivity index (χ1n) is 4.50. The third-order valence-electron chi connectivity index (χ3n) is 1.43. The van der Waals surface area contributed by atoms with Gasteiger partial charge in [0.15, 0.2) is 0 Å². The summed E-state index contributed by atoms with van der Waals surface area (Å²) in [6.45, 7) is 4.93. The van der Waals surface area contributed by atoms with E-state index in [-0.39, 0.29) is 0 Å². The topological polar surface area (TPSA) is 18.5 Å². The van der Waals surface area contributed by atoms with E-state index in [1.807, 2.05) is 30.3 Å². The van der Waals surface area contributed by atoms with E-state index in [2.05, 4.69) is 29.3 Å². The number of para-hydroxylation sites is 1. The SMILES string of the molecule is CC(C)COP(Br)Oc1ccccc1. The van der Waals surface area contributed by atoms with Crippen LogP contribution in [0.15, 0.2) is 30.3 Å². The van der Waals surface area contributed by atoms with Crippen LogP contribution in [0.3, 0.4) is 0 Å². The lowest BCUT2D eigenvalue weighted by molar-refractivity contribution is 0.280. The van der Waals surface area contributed by atoms with Crippen LogP contribution in [0, 0.1) is 5.92 Å². The summed E-state index contributed by atoms with van der Waals surface area (Å²) < 4.78 is 11.0. The second kappa shape index (κ2) is 6.39. The van der Waals surface area contributed by atoms with Crippen molar-refractivity contribution in [1.82, 2.24) is 0 Å². The maximum atomic E-state index is 5.52. The summed E-state index contributed by atoms with van der Waals surface area (Å²) >= 11 is 3.36. The van der Waals surface area contributed by atoms with Crippen molar-refractivity contribution in [1.29, 1.82) is 0 Å². The molecule has 0 heterocycles. The first-order valence-corrected chi connectivity index (χ1v) is 7.70. The van der Waals surface area contributed by atoms with Crippen LogP contribution >= 0.6 is 22.6 Å². The summed E-state index contributed by atoms with van der Waals surface area (Å²) in [4.78, 5) is 0. The molecule has 0 N–H and O–H groups in total. The Morgan fingerprint density at radius 1 is 1.29 bits per heavy atom. The maximum Gasteiger partial charge on any atom is 0.307 e. The third-order valence-corrected chi connectivity index (χ3v) is 3.18. The quantitative estimate of drug-likeness (QED) is 0.744. The molecule has 0 amide bonds. The van der Waals surface area contributed by atoms with Crippen LogP contribution in [0.2, 0.25) is 0 Å². The van der Waals surface area contributed by atoms with Gasteiger partial charge in [0, 0.05) is 15.5 Å². The van der Waals surface area contributed by atoms with Crippen molar-refractivity contribution in [2.75, 3.05) is 6.61 Å². The zero-order valence-corrected chi connectivity index (χ0v) is 10.8. The predicted molar refractivity (Wildman–Crippen MR) is 63.7 cm³/mol. The van der Waals surface area contributed by atoms with E-state index >= 15 is 0 Å². The molecule has 0 radical (unpaired) electrons. The maximum absolute atomic E-state index is 5.52. The summed E-state index contributed by atoms with van der Waals surface area (Å²) in [6, 6.07) is 9.66. The van der Waals surface area contributed by atoms with Crippen molar-refractivity contribution in [2.24, 2.45) is 5.92 Å². The Balaban J connectivity index is 2.30. The van der Waals surface area contributed by atoms with Crippen molar-refractivity contribution >= 4 is 22.6 Å². The van der Waals surface area contributed by atoms with Gasteiger partial charge in [-0.3, -0.25) is 0 Å². The van der Waals surface area contributed by atoms with Gasteiger partial charge >= 0.3 is 7.08 Å². The highest BCUT2D eigenvalue weighted by Gasteiger charge is 2.08. The summed E-state index contributed by atoms with van der Waals surface area (Å²) in [7, 11) is -0.977. The lowest BCUT2D eigenvalue weighted by Crippen LogP contribution is -1.98. The van der Waals surface area contributed by atoms with Gasteiger partial charge in [0.1, 0.15) is 5.75 Å². The molecule has 1 aromatic carbocycles. The second-order valence-corrected chi connectivity index (χ2v) is 5.91. The molecule has 0 aliphatic rings. The molecule has 0 aliphatic heterocycles. The van der Waals surface area contributed by atoms with Gasteiger partial charge in [-0.2, -0.15) is 0 Å². The molecule has 0 aromatic heterocycles. The first-order chi connectivity index (χ1) is 6.68. The predicted octanol–water partition coefficient (Wildman–Crippen LogP) is 4.36. The van der Waals surface area contributed by atoms with E-state index in [1.54, 1.807) is 0 Å². The van der Waals surface area contributed by atoms with Gasteiger partial charge < -0.3 is 9.05 Å². The van der Waals surface area contributed by atoms with Crippen LogP contribution in [0.25, 0.3) is 0 Å². The van der Waals surface area contributed by atoms with Crippen molar-refractivity contribution in [2.45, 2.75) is 13.8 Å². The Hall–Kier alpha value is -0.110. The second-order valence-electron chi connectivity index (χ2n) is 3.31. The van der Waals surface area contributed by atoms with Gasteiger partial charge in [0.2, 0.25) is 0 Å². The summed E-state index contributed by atoms with van der Waals surface area (Å²) in [5, 5.41) is 0. The van der Waals surface area contributed by atoms with Crippen molar-refractivity contribution < 1.29 is 9.05 Å². The minimum absolute atomic E-state index is 0.525. The Kier molecular flexibility index (Phi) is 5.46. The van der Waals surface area contributed by atoms with E-state index in [0.29, 0.717) is 12.5 Å². The normalized spacial score (nSPS) is 12.9. The molecule has 0 aliphatic carbocycles. The van der Waals surface area contributed by atoms with E-state index in [1.165, 1.54) is 0 Å². The molecular formula is C10H14BrO2P. The van der Waals surface area contributed by atoms with Crippen LogP contribution in [-0.2, 0) is 4.52 Å². The first kappa shape index (κ1) is 12.0. The lowest BCUT2D eigenvalue weighted by Gasteiger charge is -2.13. The number of rotatable bonds is 5. The Morgan fingerprint density at radius 3 is 2.50 bits per heavy atom. The van der Waals surface area contributed by atoms with Crippen molar-refractivity contribution in [3.63, 3.8) is 0 Å². The number of hydrogen-bond donors (Lipinski definition) is 0. The molecule has 1 rings (SSSR count). The average Bonchev–Trinajstić information content (AvgIpc) is 2.16. The van der Waals surface area contributed by atoms with Crippen LogP contribution in [0.1, 0.15) is 13.8 Å². The van der Waals surface area contributed by atoms with Crippen LogP contribution < -0.4 is 4.52 Å². The Labute approximate surface area is 94.3 Å². The van der Waals surface area contributed by atoms with Crippen molar-refractivity contribution in [3.05, 3.63) is 30.3 Å². The molecule has 1 atom stereocenters. The standard InChI is InChI=1S/C10H14BrO2P/c1-9(2)8-12-14(11)13-10-6-4-3-5-7-10/h3-7,9H,8H2,1-2H3. The van der Waals surface area contributed by atoms with Gasteiger partial charge in [-0.05, 0) is 18.1 Å². The van der Waals surface area contributed by atoms with Gasteiger partial charge in [-0.25, -0.2) is 0 Å². The fraction of sp³-hybridized carbons (Fsp3) is 0.400. The largest absolute Gasteiger partial charge is 0.439 e. The van der Waals surface area contributed by atoms with Crippen LogP contribution in [-0.4, -0.2) is 6.61 Å². The molecule has 0 fully saturated rings. The summed E-state index contributed by atoms with van der Waals surface area (Å²) in [5.74, 6) is 1.36. The van der Waals surface area contributed by atoms with E-state index < -0.39 is 7.08 Å². The summed E-state index contributed by atoms with van der Waals surface area (Å²) in [6.07, 6.45) is 0. The third kappa shape index (κ3) is 4.94. The van der Waals surface area contributed by atoms with E-state index in [9.17, 15) is 0 Å². The van der Waals surface area contributed by atoms with Crippen LogP contribution in [0.5, 0.6) is 5.75 Å². The Bertz CT molecular complexity index is 254. The van der Waals surface area contributed by atoms with Crippen LogP contribution in [0.4, 0.5) is 0 Å². The van der Waals surface area contributed by atoms with Gasteiger partial charge in [-0.1, -0.05) is 32.0 Å². The highest BCUT2D eigenvalue weighted by atomic mass is 79.9. The molecule has 0 bridgehead atoms. The fourth-order valence-electron chi connectivity index (χ4n) is 0.798. The molecule has 1 aromatic rings. The minimum atomic E-state index is -0.977. The molecule has 0 saturated carbocycles. The van der Waals surface area contributed by atoms with Gasteiger partial charge in [0.25, 0.3) is 0 Å². The molecular weight excluding hydrogens is 263 g/mol. The summed E-state index contributed by atoms with van der Waals surface area (Å²) in [5.41, 5.74) is 0. The van der Waals surface area contributed by atoms with Gasteiger partial charge in [0.05, 0.1) is 6.61 Å². The highest BCUT2D eigenvalue weighted by Crippen LogP contribution is 2.46. The van der Waals surface area contributed by atoms with Gasteiger partial charge in [-0.15, -0.1) is 0 Å². The number of benzene rings is 1. The lowest BCUT2D eigenvalue weighted by atomic mass is 10.2. The molecule has 4 heteroatoms. The highest BCUT2D eigenvalue weighted by molar-refractivity contribution is 9.38. The fourth-order valence-corrected chi connectivity index (χ4v) is 2.41. The average molecular weight is 277 g/mol. The zero-order valence-electron chi connectivity index (χ0n) is 8.31. The minimum Gasteiger partial charge on any atom is -0.439 e. The molecule has 14 heavy (non-hydrogen) atoms. The molecule has 0 spiro atoms. The molecule has 0 saturated heterocycles. The van der Waals surface area contributed by atoms with E-state index in [4.69, 9.17) is 9.05 Å². The van der Waals surface area contributed by atoms with E-state index in [0.717, 1.165) is 5.75 Å². The molecule has 2 nitrogen and oxygen atoms in total. The van der Waals surface area contributed by atoms with Crippen molar-refractivity contribution in [3.8, 4) is 5.75 Å².